The first-order chi connectivity index (χ1) is 6.40. The van der Waals surface area contributed by atoms with Gasteiger partial charge in [-0.3, -0.25) is 0 Å². The van der Waals surface area contributed by atoms with E-state index in [0.29, 0.717) is 5.69 Å². The molecular formula is C10H15NO3. The van der Waals surface area contributed by atoms with Gasteiger partial charge in [0.15, 0.2) is 6.10 Å². The van der Waals surface area contributed by atoms with Crippen LogP contribution in [-0.4, -0.2) is 21.7 Å². The van der Waals surface area contributed by atoms with Crippen LogP contribution < -0.4 is 0 Å². The van der Waals surface area contributed by atoms with Crippen molar-refractivity contribution in [3.8, 4) is 0 Å². The van der Waals surface area contributed by atoms with E-state index in [4.69, 9.17) is 4.74 Å². The molecule has 0 aliphatic heterocycles. The van der Waals surface area contributed by atoms with Crippen LogP contribution in [0.1, 0.15) is 32.6 Å². The molecular weight excluding hydrogens is 182 g/mol. The normalized spacial score (nSPS) is 13.7. The van der Waals surface area contributed by atoms with Gasteiger partial charge in [0.25, 0.3) is 0 Å². The Kier molecular flexibility index (Phi) is 2.96. The summed E-state index contributed by atoms with van der Waals surface area (Å²) in [6.45, 7) is 5.27. The maximum atomic E-state index is 11.4. The zero-order valence-electron chi connectivity index (χ0n) is 8.57. The molecule has 1 atom stereocenters. The second kappa shape index (κ2) is 3.84. The highest BCUT2D eigenvalue weighted by molar-refractivity contribution is 5.76. The Labute approximate surface area is 82.9 Å². The van der Waals surface area contributed by atoms with E-state index >= 15 is 0 Å². The third-order valence-electron chi connectivity index (χ3n) is 1.55. The number of aliphatic hydroxyl groups excluding tert-OH is 1. The van der Waals surface area contributed by atoms with Crippen LogP contribution in [0, 0.1) is 0 Å². The summed E-state index contributed by atoms with van der Waals surface area (Å²) >= 11 is 0. The molecule has 0 saturated carbocycles. The van der Waals surface area contributed by atoms with E-state index < -0.39 is 17.7 Å². The Balaban J connectivity index is 2.63. The largest absolute Gasteiger partial charge is 0.458 e. The summed E-state index contributed by atoms with van der Waals surface area (Å²) in [5, 5.41) is 9.54. The van der Waals surface area contributed by atoms with E-state index in [-0.39, 0.29) is 0 Å². The van der Waals surface area contributed by atoms with E-state index in [2.05, 4.69) is 4.98 Å². The van der Waals surface area contributed by atoms with Crippen molar-refractivity contribution in [3.05, 3.63) is 24.0 Å². The van der Waals surface area contributed by atoms with Gasteiger partial charge in [0.2, 0.25) is 0 Å². The molecule has 0 bridgehead atoms. The van der Waals surface area contributed by atoms with Crippen LogP contribution in [0.15, 0.2) is 18.3 Å². The number of carbonyl (C=O) groups excluding carboxylic acids is 1. The number of hydrogen-bond donors (Lipinski definition) is 2. The highest BCUT2D eigenvalue weighted by atomic mass is 16.6. The molecule has 1 aromatic rings. The number of carbonyl (C=O) groups is 1. The molecule has 0 radical (unpaired) electrons. The van der Waals surface area contributed by atoms with Crippen molar-refractivity contribution in [2.45, 2.75) is 32.5 Å². The predicted molar refractivity (Wildman–Crippen MR) is 51.6 cm³/mol. The third kappa shape index (κ3) is 2.88. The van der Waals surface area contributed by atoms with E-state index in [1.807, 2.05) is 0 Å². The van der Waals surface area contributed by atoms with E-state index in [9.17, 15) is 9.90 Å². The van der Waals surface area contributed by atoms with Crippen molar-refractivity contribution in [2.24, 2.45) is 0 Å². The first-order valence-electron chi connectivity index (χ1n) is 4.44. The number of aromatic nitrogens is 1. The first kappa shape index (κ1) is 10.8. The summed E-state index contributed by atoms with van der Waals surface area (Å²) in [6.07, 6.45) is 0.410. The maximum Gasteiger partial charge on any atom is 0.341 e. The molecule has 4 heteroatoms. The minimum Gasteiger partial charge on any atom is -0.458 e. The van der Waals surface area contributed by atoms with Gasteiger partial charge in [-0.15, -0.1) is 0 Å². The lowest BCUT2D eigenvalue weighted by atomic mass is 10.2. The smallest absolute Gasteiger partial charge is 0.341 e. The highest BCUT2D eigenvalue weighted by Gasteiger charge is 2.24. The standard InChI is InChI=1S/C10H15NO3/c1-10(2,3)14-9(13)8(12)7-5-4-6-11-7/h4-6,8,11-12H,1-3H3. The van der Waals surface area contributed by atoms with Gasteiger partial charge in [-0.25, -0.2) is 4.79 Å². The zero-order chi connectivity index (χ0) is 10.8. The number of aliphatic hydroxyl groups is 1. The molecule has 0 saturated heterocycles. The van der Waals surface area contributed by atoms with Crippen LogP contribution in [0.4, 0.5) is 0 Å². The Hall–Kier alpha value is -1.29. The Morgan fingerprint density at radius 3 is 2.64 bits per heavy atom. The lowest BCUT2D eigenvalue weighted by molar-refractivity contribution is -0.165. The molecule has 0 aliphatic carbocycles. The van der Waals surface area contributed by atoms with Gasteiger partial charge in [0.05, 0.1) is 5.69 Å². The Morgan fingerprint density at radius 1 is 1.57 bits per heavy atom. The molecule has 0 aliphatic rings. The number of nitrogens with one attached hydrogen (secondary N) is 1. The summed E-state index contributed by atoms with van der Waals surface area (Å²) in [7, 11) is 0. The molecule has 78 valence electrons. The van der Waals surface area contributed by atoms with Crippen molar-refractivity contribution in [3.63, 3.8) is 0 Å². The molecule has 1 aromatic heterocycles. The summed E-state index contributed by atoms with van der Waals surface area (Å²) in [6, 6.07) is 3.34. The van der Waals surface area contributed by atoms with Crippen LogP contribution in [-0.2, 0) is 9.53 Å². The van der Waals surface area contributed by atoms with Gasteiger partial charge in [0, 0.05) is 6.20 Å². The van der Waals surface area contributed by atoms with Crippen molar-refractivity contribution < 1.29 is 14.6 Å². The second-order valence-electron chi connectivity index (χ2n) is 4.06. The molecule has 1 rings (SSSR count). The van der Waals surface area contributed by atoms with E-state index in [1.54, 1.807) is 39.1 Å². The SMILES string of the molecule is CC(C)(C)OC(=O)C(O)c1ccc[nH]1. The summed E-state index contributed by atoms with van der Waals surface area (Å²) < 4.78 is 5.01. The molecule has 0 aromatic carbocycles. The highest BCUT2D eigenvalue weighted by Crippen LogP contribution is 2.16. The summed E-state index contributed by atoms with van der Waals surface area (Å²) in [5.74, 6) is -0.639. The van der Waals surface area contributed by atoms with Crippen LogP contribution in [0.25, 0.3) is 0 Å². The fourth-order valence-corrected chi connectivity index (χ4v) is 0.999. The second-order valence-corrected chi connectivity index (χ2v) is 4.06. The number of ether oxygens (including phenoxy) is 1. The summed E-state index contributed by atoms with van der Waals surface area (Å²) in [5.41, 5.74) is -0.135. The average Bonchev–Trinajstić information content (AvgIpc) is 2.51. The van der Waals surface area contributed by atoms with Gasteiger partial charge < -0.3 is 14.8 Å². The number of esters is 1. The van der Waals surface area contributed by atoms with Gasteiger partial charge in [-0.1, -0.05) is 0 Å². The summed E-state index contributed by atoms with van der Waals surface area (Å²) in [4.78, 5) is 14.1. The van der Waals surface area contributed by atoms with Crippen molar-refractivity contribution in [1.82, 2.24) is 4.98 Å². The van der Waals surface area contributed by atoms with Crippen LogP contribution >= 0.6 is 0 Å². The predicted octanol–water partition coefficient (Wildman–Crippen LogP) is 1.39. The van der Waals surface area contributed by atoms with Crippen molar-refractivity contribution >= 4 is 5.97 Å². The fourth-order valence-electron chi connectivity index (χ4n) is 0.999. The van der Waals surface area contributed by atoms with Gasteiger partial charge >= 0.3 is 5.97 Å². The minimum atomic E-state index is -1.23. The molecule has 2 N–H and O–H groups in total. The lowest BCUT2D eigenvalue weighted by Gasteiger charge is -2.21. The molecule has 1 heterocycles. The number of H-pyrrole nitrogens is 1. The Morgan fingerprint density at radius 2 is 2.21 bits per heavy atom. The van der Waals surface area contributed by atoms with E-state index in [1.165, 1.54) is 0 Å². The van der Waals surface area contributed by atoms with Crippen LogP contribution in [0.5, 0.6) is 0 Å². The molecule has 1 unspecified atom stereocenters. The quantitative estimate of drug-likeness (QED) is 0.704. The molecule has 14 heavy (non-hydrogen) atoms. The monoisotopic (exact) mass is 197 g/mol. The lowest BCUT2D eigenvalue weighted by Crippen LogP contribution is -2.27. The number of hydrogen-bond acceptors (Lipinski definition) is 3. The number of rotatable bonds is 2. The topological polar surface area (TPSA) is 62.3 Å². The third-order valence-corrected chi connectivity index (χ3v) is 1.55. The van der Waals surface area contributed by atoms with Crippen molar-refractivity contribution in [1.29, 1.82) is 0 Å². The van der Waals surface area contributed by atoms with Gasteiger partial charge in [0.1, 0.15) is 5.60 Å². The maximum absolute atomic E-state index is 11.4. The molecule has 0 fully saturated rings. The Bertz CT molecular complexity index is 298. The fraction of sp³-hybridized carbons (Fsp3) is 0.500. The molecule has 4 nitrogen and oxygen atoms in total. The molecule has 0 amide bonds. The first-order valence-corrected chi connectivity index (χ1v) is 4.44. The number of aromatic amines is 1. The van der Waals surface area contributed by atoms with Crippen LogP contribution in [0.2, 0.25) is 0 Å². The minimum absolute atomic E-state index is 0.444. The van der Waals surface area contributed by atoms with Crippen LogP contribution in [0.3, 0.4) is 0 Å². The van der Waals surface area contributed by atoms with Gasteiger partial charge in [-0.05, 0) is 32.9 Å². The molecule has 0 spiro atoms. The average molecular weight is 197 g/mol. The zero-order valence-corrected chi connectivity index (χ0v) is 8.57. The van der Waals surface area contributed by atoms with Crippen molar-refractivity contribution in [2.75, 3.05) is 0 Å². The van der Waals surface area contributed by atoms with Gasteiger partial charge in [-0.2, -0.15) is 0 Å². The van der Waals surface area contributed by atoms with E-state index in [0.717, 1.165) is 0 Å².